The van der Waals surface area contributed by atoms with Gasteiger partial charge in [0, 0.05) is 16.5 Å². The van der Waals surface area contributed by atoms with Crippen LogP contribution in [0.3, 0.4) is 0 Å². The van der Waals surface area contributed by atoms with Gasteiger partial charge in [0.15, 0.2) is 0 Å². The van der Waals surface area contributed by atoms with Crippen LogP contribution in [0.2, 0.25) is 0 Å². The van der Waals surface area contributed by atoms with Gasteiger partial charge in [-0.25, -0.2) is 9.29 Å². The Morgan fingerprint density at radius 2 is 1.53 bits per heavy atom. The standard InChI is InChI=1S/C28H20FN3O4S2/c29-17-11-13-19(14-12-17)32-25(34)22-21(16-7-3-1-4-8-16)24-27(37-23(22)26(32)35)31(28(36)38-24)15-20(33)30-18-9-5-2-6-10-18/h1-14,21-23H,15H2,(H,30,33)/t21-,22-,23+/m0/s1. The van der Waals surface area contributed by atoms with Gasteiger partial charge in [-0.2, -0.15) is 0 Å². The molecule has 1 N–H and O–H groups in total. The molecule has 7 nitrogen and oxygen atoms in total. The second-order valence-corrected chi connectivity index (χ2v) is 11.1. The highest BCUT2D eigenvalue weighted by Crippen LogP contribution is 2.53. The quantitative estimate of drug-likeness (QED) is 0.374. The summed E-state index contributed by atoms with van der Waals surface area (Å²) in [5.74, 6) is -2.97. The number of aromatic nitrogens is 1. The summed E-state index contributed by atoms with van der Waals surface area (Å²) in [5.41, 5.74) is 1.70. The molecule has 38 heavy (non-hydrogen) atoms. The van der Waals surface area contributed by atoms with E-state index in [1.165, 1.54) is 28.8 Å². The Balaban J connectivity index is 1.41. The molecule has 1 aromatic heterocycles. The average Bonchev–Trinajstić information content (AvgIpc) is 3.36. The topological polar surface area (TPSA) is 88.5 Å². The van der Waals surface area contributed by atoms with Crippen molar-refractivity contribution < 1.29 is 18.8 Å². The Kier molecular flexibility index (Phi) is 6.21. The highest BCUT2D eigenvalue weighted by atomic mass is 32.2. The van der Waals surface area contributed by atoms with E-state index in [0.717, 1.165) is 33.6 Å². The first-order valence-electron chi connectivity index (χ1n) is 11.9. The van der Waals surface area contributed by atoms with Crippen LogP contribution in [0.5, 0.6) is 0 Å². The van der Waals surface area contributed by atoms with Gasteiger partial charge in [-0.3, -0.25) is 23.7 Å². The minimum absolute atomic E-state index is 0.227. The number of thiazole rings is 1. The summed E-state index contributed by atoms with van der Waals surface area (Å²) in [7, 11) is 0. The summed E-state index contributed by atoms with van der Waals surface area (Å²) in [6, 6.07) is 23.4. The van der Waals surface area contributed by atoms with Crippen LogP contribution in [0.15, 0.2) is 94.7 Å². The number of carbonyl (C=O) groups excluding carboxylic acids is 3. The Labute approximate surface area is 224 Å². The maximum atomic E-state index is 13.8. The number of fused-ring (bicyclic) bond motifs is 2. The number of benzene rings is 3. The van der Waals surface area contributed by atoms with Gasteiger partial charge in [-0.05, 0) is 42.0 Å². The van der Waals surface area contributed by atoms with Gasteiger partial charge in [0.05, 0.1) is 16.6 Å². The maximum Gasteiger partial charge on any atom is 0.308 e. The molecule has 4 aromatic rings. The summed E-state index contributed by atoms with van der Waals surface area (Å²) in [5, 5.41) is 2.50. The molecule has 3 atom stereocenters. The van der Waals surface area contributed by atoms with E-state index in [2.05, 4.69) is 5.32 Å². The predicted octanol–water partition coefficient (Wildman–Crippen LogP) is 4.48. The van der Waals surface area contributed by atoms with Gasteiger partial charge in [0.1, 0.15) is 17.6 Å². The summed E-state index contributed by atoms with van der Waals surface area (Å²) >= 11 is 2.14. The molecule has 6 rings (SSSR count). The van der Waals surface area contributed by atoms with E-state index in [0.29, 0.717) is 21.3 Å². The third-order valence-electron chi connectivity index (χ3n) is 6.65. The lowest BCUT2D eigenvalue weighted by atomic mass is 9.83. The first-order chi connectivity index (χ1) is 18.4. The van der Waals surface area contributed by atoms with Gasteiger partial charge in [-0.15, -0.1) is 0 Å². The SMILES string of the molecule is O=C(Cn1c2c(sc1=O)[C@@H](c1ccccc1)[C@@H]1C(=O)N(c3ccc(F)cc3)C(=O)[C@@H]1S2)Nc1ccccc1. The Bertz CT molecular complexity index is 1600. The number of anilines is 2. The summed E-state index contributed by atoms with van der Waals surface area (Å²) in [4.78, 5) is 54.8. The molecule has 2 aliphatic heterocycles. The van der Waals surface area contributed by atoms with Gasteiger partial charge >= 0.3 is 4.87 Å². The third kappa shape index (κ3) is 4.15. The second-order valence-electron chi connectivity index (χ2n) is 8.98. The molecule has 0 saturated carbocycles. The molecular weight excluding hydrogens is 525 g/mol. The molecule has 0 aliphatic carbocycles. The van der Waals surface area contributed by atoms with Crippen LogP contribution in [0.4, 0.5) is 15.8 Å². The van der Waals surface area contributed by atoms with Crippen molar-refractivity contribution >= 4 is 52.2 Å². The molecule has 3 amide bonds. The van der Waals surface area contributed by atoms with Gasteiger partial charge in [-0.1, -0.05) is 71.6 Å². The van der Waals surface area contributed by atoms with Crippen molar-refractivity contribution in [2.24, 2.45) is 5.92 Å². The molecule has 0 bridgehead atoms. The van der Waals surface area contributed by atoms with Gasteiger partial charge in [0.2, 0.25) is 17.7 Å². The van der Waals surface area contributed by atoms with Gasteiger partial charge < -0.3 is 5.32 Å². The minimum Gasteiger partial charge on any atom is -0.325 e. The van der Waals surface area contributed by atoms with E-state index in [1.54, 1.807) is 24.3 Å². The zero-order valence-corrected chi connectivity index (χ0v) is 21.4. The van der Waals surface area contributed by atoms with Crippen LogP contribution >= 0.6 is 23.1 Å². The lowest BCUT2D eigenvalue weighted by Crippen LogP contribution is -2.33. The second kappa shape index (κ2) is 9.70. The van der Waals surface area contributed by atoms with Crippen LogP contribution in [-0.2, 0) is 20.9 Å². The highest BCUT2D eigenvalue weighted by Gasteiger charge is 2.56. The number of hydrogen-bond acceptors (Lipinski definition) is 6. The fourth-order valence-electron chi connectivity index (χ4n) is 4.99. The lowest BCUT2D eigenvalue weighted by molar-refractivity contribution is -0.122. The molecule has 1 fully saturated rings. The predicted molar refractivity (Wildman–Crippen MR) is 144 cm³/mol. The molecule has 190 valence electrons. The number of carbonyl (C=O) groups is 3. The smallest absolute Gasteiger partial charge is 0.308 e. The van der Waals surface area contributed by atoms with Crippen molar-refractivity contribution in [1.29, 1.82) is 0 Å². The molecule has 3 heterocycles. The Morgan fingerprint density at radius 1 is 0.868 bits per heavy atom. The zero-order valence-electron chi connectivity index (χ0n) is 19.7. The Morgan fingerprint density at radius 3 is 2.21 bits per heavy atom. The van der Waals surface area contributed by atoms with Crippen molar-refractivity contribution in [1.82, 2.24) is 4.57 Å². The van der Waals surface area contributed by atoms with Crippen LogP contribution in [0.25, 0.3) is 0 Å². The molecule has 3 aromatic carbocycles. The zero-order chi connectivity index (χ0) is 26.4. The van der Waals surface area contributed by atoms with Gasteiger partial charge in [0.25, 0.3) is 0 Å². The fraction of sp³-hybridized carbons (Fsp3) is 0.143. The van der Waals surface area contributed by atoms with Crippen molar-refractivity contribution in [3.63, 3.8) is 0 Å². The number of amides is 3. The van der Waals surface area contributed by atoms with Crippen molar-refractivity contribution in [3.05, 3.63) is 111 Å². The number of para-hydroxylation sites is 1. The number of thioether (sulfide) groups is 1. The van der Waals surface area contributed by atoms with Crippen LogP contribution < -0.4 is 15.1 Å². The van der Waals surface area contributed by atoms with Crippen molar-refractivity contribution in [2.75, 3.05) is 10.2 Å². The monoisotopic (exact) mass is 545 g/mol. The summed E-state index contributed by atoms with van der Waals surface area (Å²) < 4.78 is 14.9. The molecule has 10 heteroatoms. The summed E-state index contributed by atoms with van der Waals surface area (Å²) in [6.45, 7) is -0.227. The molecule has 2 aliphatic rings. The van der Waals surface area contributed by atoms with E-state index < -0.39 is 34.7 Å². The molecular formula is C28H20FN3O4S2. The van der Waals surface area contributed by atoms with Crippen molar-refractivity contribution in [2.45, 2.75) is 22.7 Å². The van der Waals surface area contributed by atoms with Crippen molar-refractivity contribution in [3.8, 4) is 0 Å². The minimum atomic E-state index is -0.803. The maximum absolute atomic E-state index is 13.8. The van der Waals surface area contributed by atoms with E-state index in [1.807, 2.05) is 36.4 Å². The lowest BCUT2D eigenvalue weighted by Gasteiger charge is -2.30. The van der Waals surface area contributed by atoms with E-state index in [9.17, 15) is 23.6 Å². The number of nitrogens with zero attached hydrogens (tertiary/aromatic N) is 2. The van der Waals surface area contributed by atoms with E-state index in [-0.39, 0.29) is 17.3 Å². The fourth-order valence-corrected chi connectivity index (χ4v) is 7.76. The molecule has 0 unspecified atom stereocenters. The molecule has 1 saturated heterocycles. The first kappa shape index (κ1) is 24.3. The highest BCUT2D eigenvalue weighted by molar-refractivity contribution is 8.00. The van der Waals surface area contributed by atoms with Crippen LogP contribution in [0.1, 0.15) is 16.4 Å². The first-order valence-corrected chi connectivity index (χ1v) is 13.6. The number of nitrogens with one attached hydrogen (secondary N) is 1. The number of imide groups is 1. The van der Waals surface area contributed by atoms with Crippen LogP contribution in [0, 0.1) is 11.7 Å². The third-order valence-corrected chi connectivity index (χ3v) is 9.26. The van der Waals surface area contributed by atoms with E-state index in [4.69, 9.17) is 0 Å². The largest absolute Gasteiger partial charge is 0.325 e. The number of halogens is 1. The van der Waals surface area contributed by atoms with Crippen LogP contribution in [-0.4, -0.2) is 27.5 Å². The molecule has 0 spiro atoms. The summed E-state index contributed by atoms with van der Waals surface area (Å²) in [6.07, 6.45) is 0. The number of rotatable bonds is 5. The number of hydrogen-bond donors (Lipinski definition) is 1. The Hall–Kier alpha value is -4.02. The normalized spacial score (nSPS) is 20.2. The molecule has 0 radical (unpaired) electrons. The average molecular weight is 546 g/mol. The van der Waals surface area contributed by atoms with E-state index >= 15 is 0 Å².